The topological polar surface area (TPSA) is 38.2 Å². The highest BCUT2D eigenvalue weighted by molar-refractivity contribution is 9.10. The Labute approximate surface area is 130 Å². The van der Waals surface area contributed by atoms with Gasteiger partial charge in [0.05, 0.1) is 11.2 Å². The van der Waals surface area contributed by atoms with Crippen molar-refractivity contribution in [3.63, 3.8) is 0 Å². The first-order chi connectivity index (χ1) is 9.08. The Morgan fingerprint density at radius 3 is 2.20 bits per heavy atom. The van der Waals surface area contributed by atoms with Gasteiger partial charge in [0.15, 0.2) is 0 Å². The molecule has 0 amide bonds. The van der Waals surface area contributed by atoms with Gasteiger partial charge in [-0.1, -0.05) is 13.8 Å². The summed E-state index contributed by atoms with van der Waals surface area (Å²) >= 11 is 3.50. The van der Waals surface area contributed by atoms with Crippen molar-refractivity contribution in [2.24, 2.45) is 0 Å². The molecule has 112 valence electrons. The molecule has 0 unspecified atom stereocenters. The molecule has 0 spiro atoms. The number of aromatic nitrogens is 2. The lowest BCUT2D eigenvalue weighted by molar-refractivity contribution is -0.133. The summed E-state index contributed by atoms with van der Waals surface area (Å²) in [4.78, 5) is 11.5. The zero-order chi connectivity index (χ0) is 15.1. The number of halogens is 1. The van der Waals surface area contributed by atoms with Gasteiger partial charge in [0.2, 0.25) is 0 Å². The first-order valence-electron chi connectivity index (χ1n) is 7.08. The number of hydrogen-bond donors (Lipinski definition) is 0. The minimum Gasteiger partial charge on any atom is -0.366 e. The van der Waals surface area contributed by atoms with Crippen LogP contribution in [0.1, 0.15) is 53.3 Å². The van der Waals surface area contributed by atoms with Crippen molar-refractivity contribution < 1.29 is 4.74 Å². The summed E-state index contributed by atoms with van der Waals surface area (Å²) in [5.41, 5.74) is -0.367. The Bertz CT molecular complexity index is 484. The highest BCUT2D eigenvalue weighted by Gasteiger charge is 2.38. The number of ether oxygens (including phenoxy) is 1. The summed E-state index contributed by atoms with van der Waals surface area (Å²) in [5, 5.41) is 0. The van der Waals surface area contributed by atoms with Crippen LogP contribution in [0, 0.1) is 0 Å². The largest absolute Gasteiger partial charge is 0.366 e. The van der Waals surface area contributed by atoms with Gasteiger partial charge in [-0.15, -0.1) is 0 Å². The minimum absolute atomic E-state index is 0.183. The minimum atomic E-state index is -0.183. The molecule has 4 nitrogen and oxygen atoms in total. The molecule has 0 N–H and O–H groups in total. The Balaban J connectivity index is 2.35. The Morgan fingerprint density at radius 2 is 1.70 bits per heavy atom. The van der Waals surface area contributed by atoms with Gasteiger partial charge in [-0.2, -0.15) is 0 Å². The van der Waals surface area contributed by atoms with E-state index >= 15 is 0 Å². The summed E-state index contributed by atoms with van der Waals surface area (Å²) in [6, 6.07) is 1.99. The molecular formula is C15H24BrN3O. The number of morpholine rings is 1. The predicted molar refractivity (Wildman–Crippen MR) is 85.3 cm³/mol. The van der Waals surface area contributed by atoms with Crippen molar-refractivity contribution in [1.29, 1.82) is 0 Å². The van der Waals surface area contributed by atoms with Crippen LogP contribution in [0.5, 0.6) is 0 Å². The van der Waals surface area contributed by atoms with Gasteiger partial charge in [0.1, 0.15) is 16.2 Å². The summed E-state index contributed by atoms with van der Waals surface area (Å²) in [6.45, 7) is 14.4. The molecule has 5 heteroatoms. The van der Waals surface area contributed by atoms with Crippen LogP contribution in [-0.2, 0) is 4.74 Å². The summed E-state index contributed by atoms with van der Waals surface area (Å²) < 4.78 is 6.97. The first-order valence-corrected chi connectivity index (χ1v) is 7.87. The molecule has 0 bridgehead atoms. The van der Waals surface area contributed by atoms with E-state index in [1.165, 1.54) is 0 Å². The average Bonchev–Trinajstić information content (AvgIpc) is 2.23. The van der Waals surface area contributed by atoms with E-state index in [2.05, 4.69) is 67.4 Å². The molecule has 1 saturated heterocycles. The van der Waals surface area contributed by atoms with Crippen molar-refractivity contribution in [2.45, 2.75) is 58.7 Å². The van der Waals surface area contributed by atoms with E-state index < -0.39 is 0 Å². The standard InChI is InChI=1S/C15H24BrN3O/c1-10(2)13-17-11(16)7-12(18-13)19-8-14(3,4)20-15(5,6)9-19/h7,10H,8-9H2,1-6H3. The van der Waals surface area contributed by atoms with Crippen LogP contribution in [0.25, 0.3) is 0 Å². The molecule has 1 aromatic heterocycles. The average molecular weight is 342 g/mol. The third kappa shape index (κ3) is 3.70. The zero-order valence-corrected chi connectivity index (χ0v) is 14.8. The fourth-order valence-corrected chi connectivity index (χ4v) is 3.18. The van der Waals surface area contributed by atoms with Crippen molar-refractivity contribution in [1.82, 2.24) is 9.97 Å². The molecule has 1 aromatic rings. The molecule has 1 fully saturated rings. The van der Waals surface area contributed by atoms with Gasteiger partial charge in [0, 0.05) is 25.1 Å². The van der Waals surface area contributed by atoms with Crippen LogP contribution in [-0.4, -0.2) is 34.3 Å². The monoisotopic (exact) mass is 341 g/mol. The number of rotatable bonds is 2. The van der Waals surface area contributed by atoms with Gasteiger partial charge in [-0.25, -0.2) is 9.97 Å². The van der Waals surface area contributed by atoms with E-state index in [4.69, 9.17) is 9.72 Å². The lowest BCUT2D eigenvalue weighted by Gasteiger charge is -2.47. The maximum absolute atomic E-state index is 6.12. The number of nitrogens with zero attached hydrogens (tertiary/aromatic N) is 3. The van der Waals surface area contributed by atoms with Crippen LogP contribution in [0.15, 0.2) is 10.7 Å². The number of anilines is 1. The van der Waals surface area contributed by atoms with E-state index in [9.17, 15) is 0 Å². The lowest BCUT2D eigenvalue weighted by Crippen LogP contribution is -2.57. The molecule has 2 heterocycles. The molecule has 0 radical (unpaired) electrons. The van der Waals surface area contributed by atoms with Gasteiger partial charge >= 0.3 is 0 Å². The van der Waals surface area contributed by atoms with Crippen molar-refractivity contribution in [3.8, 4) is 0 Å². The SMILES string of the molecule is CC(C)c1nc(Br)cc(N2CC(C)(C)OC(C)(C)C2)n1. The fraction of sp³-hybridized carbons (Fsp3) is 0.733. The Hall–Kier alpha value is -0.680. The summed E-state index contributed by atoms with van der Waals surface area (Å²) in [5.74, 6) is 2.16. The van der Waals surface area contributed by atoms with Crippen LogP contribution in [0.3, 0.4) is 0 Å². The second-order valence-electron chi connectivity index (χ2n) is 7.04. The van der Waals surface area contributed by atoms with Gasteiger partial charge in [-0.3, -0.25) is 0 Å². The predicted octanol–water partition coefficient (Wildman–Crippen LogP) is 3.76. The molecule has 1 aliphatic rings. The molecular weight excluding hydrogens is 318 g/mol. The number of hydrogen-bond acceptors (Lipinski definition) is 4. The molecule has 0 saturated carbocycles. The van der Waals surface area contributed by atoms with Gasteiger partial charge in [0.25, 0.3) is 0 Å². The van der Waals surface area contributed by atoms with E-state index in [1.807, 2.05) is 6.07 Å². The summed E-state index contributed by atoms with van der Waals surface area (Å²) in [7, 11) is 0. The molecule has 20 heavy (non-hydrogen) atoms. The second-order valence-corrected chi connectivity index (χ2v) is 7.85. The van der Waals surface area contributed by atoms with Crippen LogP contribution in [0.2, 0.25) is 0 Å². The lowest BCUT2D eigenvalue weighted by atomic mass is 9.99. The molecule has 2 rings (SSSR count). The van der Waals surface area contributed by atoms with E-state index in [0.29, 0.717) is 5.92 Å². The Kier molecular flexibility index (Phi) is 4.13. The zero-order valence-electron chi connectivity index (χ0n) is 13.2. The molecule has 0 aliphatic carbocycles. The van der Waals surface area contributed by atoms with E-state index in [0.717, 1.165) is 29.3 Å². The van der Waals surface area contributed by atoms with Crippen LogP contribution < -0.4 is 4.90 Å². The van der Waals surface area contributed by atoms with Crippen molar-refractivity contribution in [3.05, 3.63) is 16.5 Å². The van der Waals surface area contributed by atoms with Gasteiger partial charge in [-0.05, 0) is 43.6 Å². The highest BCUT2D eigenvalue weighted by Crippen LogP contribution is 2.31. The van der Waals surface area contributed by atoms with Crippen LogP contribution in [0.4, 0.5) is 5.82 Å². The molecule has 1 aliphatic heterocycles. The van der Waals surface area contributed by atoms with E-state index in [-0.39, 0.29) is 11.2 Å². The van der Waals surface area contributed by atoms with E-state index in [1.54, 1.807) is 0 Å². The van der Waals surface area contributed by atoms with Gasteiger partial charge < -0.3 is 9.64 Å². The van der Waals surface area contributed by atoms with Crippen molar-refractivity contribution in [2.75, 3.05) is 18.0 Å². The maximum atomic E-state index is 6.12. The quantitative estimate of drug-likeness (QED) is 0.767. The van der Waals surface area contributed by atoms with Crippen LogP contribution >= 0.6 is 15.9 Å². The highest BCUT2D eigenvalue weighted by atomic mass is 79.9. The molecule has 0 atom stereocenters. The second kappa shape index (κ2) is 5.26. The maximum Gasteiger partial charge on any atom is 0.134 e. The normalized spacial score (nSPS) is 21.3. The third-order valence-corrected chi connectivity index (χ3v) is 3.64. The third-order valence-electron chi connectivity index (χ3n) is 3.23. The smallest absolute Gasteiger partial charge is 0.134 e. The fourth-order valence-electron chi connectivity index (χ4n) is 2.79. The Morgan fingerprint density at radius 1 is 1.15 bits per heavy atom. The summed E-state index contributed by atoms with van der Waals surface area (Å²) in [6.07, 6.45) is 0. The van der Waals surface area contributed by atoms with Crippen molar-refractivity contribution >= 4 is 21.7 Å². The first kappa shape index (κ1) is 15.7. The molecule has 0 aromatic carbocycles.